The van der Waals surface area contributed by atoms with Crippen LogP contribution in [0.2, 0.25) is 0 Å². The molecule has 1 N–H and O–H groups in total. The summed E-state index contributed by atoms with van der Waals surface area (Å²) in [6, 6.07) is 5.69. The fourth-order valence-electron chi connectivity index (χ4n) is 3.23. The number of fused-ring (bicyclic) bond motifs is 1. The summed E-state index contributed by atoms with van der Waals surface area (Å²) in [6.45, 7) is 4.64. The standard InChI is InChI=1S/C16H20N2O2/c1-10-3-5-13(7-11(10)2)18-9-17-14-8-12(16(19)20)4-6-15(14)18/h4,6,8-11,13H,3,5,7H2,1-2H3,(H,19,20). The van der Waals surface area contributed by atoms with Crippen molar-refractivity contribution in [2.45, 2.75) is 39.2 Å². The molecule has 1 aliphatic rings. The van der Waals surface area contributed by atoms with Crippen molar-refractivity contribution in [1.29, 1.82) is 0 Å². The Kier molecular flexibility index (Phi) is 3.24. The number of aromatic carboxylic acids is 1. The maximum atomic E-state index is 11.0. The van der Waals surface area contributed by atoms with E-state index in [0.717, 1.165) is 22.9 Å². The second-order valence-corrected chi connectivity index (χ2v) is 6.08. The summed E-state index contributed by atoms with van der Waals surface area (Å²) in [5.74, 6) is 0.616. The molecule has 0 saturated heterocycles. The van der Waals surface area contributed by atoms with Crippen molar-refractivity contribution in [3.63, 3.8) is 0 Å². The number of hydrogen-bond donors (Lipinski definition) is 1. The number of carbonyl (C=O) groups is 1. The monoisotopic (exact) mass is 272 g/mol. The zero-order valence-electron chi connectivity index (χ0n) is 11.9. The van der Waals surface area contributed by atoms with Crippen LogP contribution in [-0.2, 0) is 0 Å². The molecular weight excluding hydrogens is 252 g/mol. The molecule has 1 saturated carbocycles. The molecule has 1 fully saturated rings. The lowest BCUT2D eigenvalue weighted by Crippen LogP contribution is -2.22. The van der Waals surface area contributed by atoms with Crippen LogP contribution in [0, 0.1) is 11.8 Å². The molecule has 3 rings (SSSR count). The molecule has 20 heavy (non-hydrogen) atoms. The number of imidazole rings is 1. The summed E-state index contributed by atoms with van der Waals surface area (Å²) in [4.78, 5) is 15.4. The number of nitrogens with zero attached hydrogens (tertiary/aromatic N) is 2. The van der Waals surface area contributed by atoms with Crippen molar-refractivity contribution in [3.8, 4) is 0 Å². The van der Waals surface area contributed by atoms with Crippen LogP contribution in [-0.4, -0.2) is 20.6 Å². The van der Waals surface area contributed by atoms with Gasteiger partial charge < -0.3 is 9.67 Å². The van der Waals surface area contributed by atoms with Crippen molar-refractivity contribution < 1.29 is 9.90 Å². The normalized spacial score (nSPS) is 26.8. The largest absolute Gasteiger partial charge is 0.478 e. The number of carboxylic acid groups (broad SMARTS) is 1. The lowest BCUT2D eigenvalue weighted by atomic mass is 9.79. The van der Waals surface area contributed by atoms with Gasteiger partial charge in [0.15, 0.2) is 0 Å². The summed E-state index contributed by atoms with van der Waals surface area (Å²) in [7, 11) is 0. The Balaban J connectivity index is 1.95. The van der Waals surface area contributed by atoms with Crippen molar-refractivity contribution in [3.05, 3.63) is 30.1 Å². The van der Waals surface area contributed by atoms with E-state index in [0.29, 0.717) is 11.6 Å². The third kappa shape index (κ3) is 2.19. The van der Waals surface area contributed by atoms with Gasteiger partial charge >= 0.3 is 5.97 Å². The van der Waals surface area contributed by atoms with Gasteiger partial charge in [0, 0.05) is 6.04 Å². The molecular formula is C16H20N2O2. The highest BCUT2D eigenvalue weighted by Crippen LogP contribution is 2.37. The van der Waals surface area contributed by atoms with Crippen molar-refractivity contribution in [2.24, 2.45) is 11.8 Å². The van der Waals surface area contributed by atoms with E-state index in [1.54, 1.807) is 12.1 Å². The minimum atomic E-state index is -0.901. The molecule has 3 atom stereocenters. The Morgan fingerprint density at radius 3 is 2.80 bits per heavy atom. The lowest BCUT2D eigenvalue weighted by molar-refractivity contribution is 0.0697. The molecule has 2 aromatic rings. The van der Waals surface area contributed by atoms with Crippen molar-refractivity contribution in [2.75, 3.05) is 0 Å². The number of benzene rings is 1. The van der Waals surface area contributed by atoms with E-state index in [9.17, 15) is 4.79 Å². The van der Waals surface area contributed by atoms with Crippen LogP contribution in [0.15, 0.2) is 24.5 Å². The Bertz CT molecular complexity index is 647. The van der Waals surface area contributed by atoms with E-state index >= 15 is 0 Å². The Morgan fingerprint density at radius 1 is 1.30 bits per heavy atom. The van der Waals surface area contributed by atoms with E-state index < -0.39 is 5.97 Å². The molecule has 106 valence electrons. The predicted molar refractivity (Wildman–Crippen MR) is 77.9 cm³/mol. The number of aromatic nitrogens is 2. The zero-order valence-corrected chi connectivity index (χ0v) is 11.9. The first-order valence-corrected chi connectivity index (χ1v) is 7.26. The van der Waals surface area contributed by atoms with E-state index in [-0.39, 0.29) is 0 Å². The minimum Gasteiger partial charge on any atom is -0.478 e. The first-order valence-electron chi connectivity index (χ1n) is 7.26. The molecule has 0 amide bonds. The molecule has 4 heteroatoms. The van der Waals surface area contributed by atoms with Crippen LogP contribution < -0.4 is 0 Å². The molecule has 0 aliphatic heterocycles. The van der Waals surface area contributed by atoms with Gasteiger partial charge in [0.2, 0.25) is 0 Å². The molecule has 0 spiro atoms. The maximum Gasteiger partial charge on any atom is 0.335 e. The molecule has 0 radical (unpaired) electrons. The minimum absolute atomic E-state index is 0.299. The fraction of sp³-hybridized carbons (Fsp3) is 0.500. The van der Waals surface area contributed by atoms with Crippen LogP contribution in [0.5, 0.6) is 0 Å². The maximum absolute atomic E-state index is 11.0. The zero-order chi connectivity index (χ0) is 14.3. The number of carboxylic acids is 1. The first-order chi connectivity index (χ1) is 9.56. The van der Waals surface area contributed by atoms with Gasteiger partial charge in [0.25, 0.3) is 0 Å². The second kappa shape index (κ2) is 4.93. The Hall–Kier alpha value is -1.84. The van der Waals surface area contributed by atoms with Gasteiger partial charge in [-0.3, -0.25) is 0 Å². The molecule has 1 heterocycles. The average molecular weight is 272 g/mol. The van der Waals surface area contributed by atoms with Crippen LogP contribution in [0.3, 0.4) is 0 Å². The van der Waals surface area contributed by atoms with Crippen molar-refractivity contribution in [1.82, 2.24) is 9.55 Å². The van der Waals surface area contributed by atoms with Gasteiger partial charge in [-0.15, -0.1) is 0 Å². The topological polar surface area (TPSA) is 55.1 Å². The van der Waals surface area contributed by atoms with E-state index in [2.05, 4.69) is 23.4 Å². The summed E-state index contributed by atoms with van der Waals surface area (Å²) < 4.78 is 2.23. The summed E-state index contributed by atoms with van der Waals surface area (Å²) >= 11 is 0. The van der Waals surface area contributed by atoms with Crippen LogP contribution in [0.25, 0.3) is 11.0 Å². The van der Waals surface area contributed by atoms with Crippen LogP contribution in [0.1, 0.15) is 49.5 Å². The quantitative estimate of drug-likeness (QED) is 0.906. The van der Waals surface area contributed by atoms with Gasteiger partial charge in [-0.1, -0.05) is 13.8 Å². The summed E-state index contributed by atoms with van der Waals surface area (Å²) in [5, 5.41) is 9.03. The third-order valence-corrected chi connectivity index (χ3v) is 4.79. The van der Waals surface area contributed by atoms with Gasteiger partial charge in [-0.05, 0) is 49.3 Å². The van der Waals surface area contributed by atoms with Crippen LogP contribution in [0.4, 0.5) is 0 Å². The molecule has 4 nitrogen and oxygen atoms in total. The molecule has 1 aromatic carbocycles. The van der Waals surface area contributed by atoms with Gasteiger partial charge in [0.05, 0.1) is 22.9 Å². The summed E-state index contributed by atoms with van der Waals surface area (Å²) in [6.07, 6.45) is 5.47. The first kappa shape index (κ1) is 13.2. The lowest BCUT2D eigenvalue weighted by Gasteiger charge is -2.33. The van der Waals surface area contributed by atoms with Gasteiger partial charge in [-0.2, -0.15) is 0 Å². The molecule has 0 bridgehead atoms. The second-order valence-electron chi connectivity index (χ2n) is 6.08. The molecule has 1 aliphatic carbocycles. The number of hydrogen-bond acceptors (Lipinski definition) is 2. The van der Waals surface area contributed by atoms with Gasteiger partial charge in [-0.25, -0.2) is 9.78 Å². The Labute approximate surface area is 118 Å². The van der Waals surface area contributed by atoms with Gasteiger partial charge in [0.1, 0.15) is 0 Å². The van der Waals surface area contributed by atoms with E-state index in [4.69, 9.17) is 5.11 Å². The average Bonchev–Trinajstić information content (AvgIpc) is 2.84. The molecule has 3 unspecified atom stereocenters. The highest BCUT2D eigenvalue weighted by Gasteiger charge is 2.26. The highest BCUT2D eigenvalue weighted by atomic mass is 16.4. The smallest absolute Gasteiger partial charge is 0.335 e. The van der Waals surface area contributed by atoms with E-state index in [1.165, 1.54) is 19.3 Å². The van der Waals surface area contributed by atoms with Crippen LogP contribution >= 0.6 is 0 Å². The molecule has 1 aromatic heterocycles. The predicted octanol–water partition coefficient (Wildman–Crippen LogP) is 3.73. The SMILES string of the molecule is CC1CCC(n2cnc3cc(C(=O)O)ccc32)CC1C. The fourth-order valence-corrected chi connectivity index (χ4v) is 3.23. The number of rotatable bonds is 2. The Morgan fingerprint density at radius 2 is 2.10 bits per heavy atom. The third-order valence-electron chi connectivity index (χ3n) is 4.79. The summed E-state index contributed by atoms with van der Waals surface area (Å²) in [5.41, 5.74) is 2.12. The van der Waals surface area contributed by atoms with Crippen molar-refractivity contribution >= 4 is 17.0 Å². The highest BCUT2D eigenvalue weighted by molar-refractivity contribution is 5.92. The van der Waals surface area contributed by atoms with E-state index in [1.807, 2.05) is 12.4 Å².